The van der Waals surface area contributed by atoms with Crippen LogP contribution in [-0.4, -0.2) is 31.3 Å². The molecule has 1 fully saturated rings. The molecule has 110 valence electrons. The lowest BCUT2D eigenvalue weighted by Gasteiger charge is -2.37. The van der Waals surface area contributed by atoms with Gasteiger partial charge in [-0.15, -0.1) is 5.10 Å². The number of aryl methyl sites for hydroxylation is 1. The quantitative estimate of drug-likeness (QED) is 0.916. The minimum atomic E-state index is -0.761. The van der Waals surface area contributed by atoms with E-state index in [0.717, 1.165) is 22.0 Å². The lowest BCUT2D eigenvalue weighted by molar-refractivity contribution is -0.156. The first kappa shape index (κ1) is 14.2. The molecule has 0 unspecified atom stereocenters. The lowest BCUT2D eigenvalue weighted by Crippen LogP contribution is -2.42. The van der Waals surface area contributed by atoms with Gasteiger partial charge >= 0.3 is 5.97 Å². The van der Waals surface area contributed by atoms with E-state index >= 15 is 0 Å². The minimum Gasteiger partial charge on any atom is -0.481 e. The Hall–Kier alpha value is -1.76. The van der Waals surface area contributed by atoms with Crippen molar-refractivity contribution in [2.75, 3.05) is 0 Å². The molecule has 1 heterocycles. The molecule has 6 nitrogen and oxygen atoms in total. The van der Waals surface area contributed by atoms with Crippen molar-refractivity contribution in [3.8, 4) is 11.4 Å². The highest BCUT2D eigenvalue weighted by Crippen LogP contribution is 2.43. The molecule has 3 rings (SSSR count). The van der Waals surface area contributed by atoms with Gasteiger partial charge in [0.1, 0.15) is 0 Å². The number of nitrogens with zero attached hydrogens (tertiary/aromatic N) is 4. The van der Waals surface area contributed by atoms with Gasteiger partial charge in [0, 0.05) is 10.0 Å². The van der Waals surface area contributed by atoms with Crippen LogP contribution in [0.5, 0.6) is 0 Å². The number of hydrogen-bond acceptors (Lipinski definition) is 4. The molecule has 1 saturated carbocycles. The number of carboxylic acids is 1. The van der Waals surface area contributed by atoms with E-state index in [1.165, 1.54) is 0 Å². The van der Waals surface area contributed by atoms with Crippen molar-refractivity contribution in [3.63, 3.8) is 0 Å². The number of carbonyl (C=O) groups is 1. The van der Waals surface area contributed by atoms with Gasteiger partial charge in [-0.1, -0.05) is 22.4 Å². The smallest absolute Gasteiger partial charge is 0.311 e. The molecule has 0 aliphatic heterocycles. The summed E-state index contributed by atoms with van der Waals surface area (Å²) in [6.07, 6.45) is 2.31. The van der Waals surface area contributed by atoms with Crippen LogP contribution in [0.25, 0.3) is 11.4 Å². The average molecular weight is 351 g/mol. The van der Waals surface area contributed by atoms with Crippen molar-refractivity contribution in [1.82, 2.24) is 20.2 Å². The summed E-state index contributed by atoms with van der Waals surface area (Å²) >= 11 is 3.43. The molecular weight excluding hydrogens is 336 g/mol. The van der Waals surface area contributed by atoms with Gasteiger partial charge in [0.25, 0.3) is 0 Å². The number of aromatic nitrogens is 4. The number of carboxylic acid groups (broad SMARTS) is 1. The Bertz CT molecular complexity index is 694. The largest absolute Gasteiger partial charge is 0.481 e. The Balaban J connectivity index is 1.96. The highest BCUT2D eigenvalue weighted by atomic mass is 79.9. The van der Waals surface area contributed by atoms with Crippen LogP contribution >= 0.6 is 15.9 Å². The van der Waals surface area contributed by atoms with Gasteiger partial charge in [0.15, 0.2) is 5.82 Å². The molecule has 0 radical (unpaired) electrons. The highest BCUT2D eigenvalue weighted by Gasteiger charge is 2.45. The van der Waals surface area contributed by atoms with E-state index in [9.17, 15) is 9.90 Å². The number of hydrogen-bond donors (Lipinski definition) is 1. The molecule has 1 aromatic carbocycles. The monoisotopic (exact) mass is 350 g/mol. The van der Waals surface area contributed by atoms with Crippen LogP contribution in [0.4, 0.5) is 0 Å². The van der Waals surface area contributed by atoms with E-state index in [0.29, 0.717) is 25.2 Å². The molecule has 2 aromatic rings. The maximum Gasteiger partial charge on any atom is 0.311 e. The van der Waals surface area contributed by atoms with Crippen molar-refractivity contribution in [2.24, 2.45) is 5.41 Å². The standard InChI is InChI=1S/C14H15BrN4O2/c1-9-7-10(15)3-4-11(9)12-16-17-18-19(12)8-14(13(20)21)5-2-6-14/h3-4,7H,2,5-6,8H2,1H3,(H,20,21). The normalized spacial score (nSPS) is 16.5. The summed E-state index contributed by atoms with van der Waals surface area (Å²) in [5.74, 6) is -0.143. The third-order valence-corrected chi connectivity index (χ3v) is 4.67. The van der Waals surface area contributed by atoms with Gasteiger partial charge < -0.3 is 5.11 Å². The van der Waals surface area contributed by atoms with E-state index in [1.807, 2.05) is 25.1 Å². The second-order valence-electron chi connectivity index (χ2n) is 5.56. The second-order valence-corrected chi connectivity index (χ2v) is 6.47. The molecule has 21 heavy (non-hydrogen) atoms. The molecule has 0 amide bonds. The molecule has 0 spiro atoms. The van der Waals surface area contributed by atoms with Gasteiger partial charge in [-0.3, -0.25) is 4.79 Å². The minimum absolute atomic E-state index is 0.320. The van der Waals surface area contributed by atoms with Crippen molar-refractivity contribution in [2.45, 2.75) is 32.7 Å². The molecule has 0 bridgehead atoms. The van der Waals surface area contributed by atoms with Crippen LogP contribution in [0.15, 0.2) is 22.7 Å². The van der Waals surface area contributed by atoms with E-state index in [4.69, 9.17) is 0 Å². The summed E-state index contributed by atoms with van der Waals surface area (Å²) in [6.45, 7) is 2.30. The summed E-state index contributed by atoms with van der Waals surface area (Å²) in [7, 11) is 0. The van der Waals surface area contributed by atoms with Crippen molar-refractivity contribution in [1.29, 1.82) is 0 Å². The Kier molecular flexibility index (Phi) is 3.52. The fraction of sp³-hybridized carbons (Fsp3) is 0.429. The summed E-state index contributed by atoms with van der Waals surface area (Å²) in [5, 5.41) is 21.2. The molecule has 1 aliphatic carbocycles. The lowest BCUT2D eigenvalue weighted by atomic mass is 9.69. The number of halogens is 1. The summed E-state index contributed by atoms with van der Waals surface area (Å²) in [6, 6.07) is 5.86. The van der Waals surface area contributed by atoms with Gasteiger partial charge in [-0.05, 0) is 54.0 Å². The third-order valence-electron chi connectivity index (χ3n) is 4.18. The Morgan fingerprint density at radius 3 is 2.81 bits per heavy atom. The number of tetrazole rings is 1. The predicted molar refractivity (Wildman–Crippen MR) is 79.6 cm³/mol. The van der Waals surface area contributed by atoms with Crippen LogP contribution in [-0.2, 0) is 11.3 Å². The van der Waals surface area contributed by atoms with Crippen molar-refractivity contribution < 1.29 is 9.90 Å². The number of aliphatic carboxylic acids is 1. The van der Waals surface area contributed by atoms with Gasteiger partial charge in [0.05, 0.1) is 12.0 Å². The first-order valence-corrected chi connectivity index (χ1v) is 7.57. The van der Waals surface area contributed by atoms with Crippen LogP contribution in [0.1, 0.15) is 24.8 Å². The molecule has 1 aromatic heterocycles. The van der Waals surface area contributed by atoms with Crippen LogP contribution in [0.2, 0.25) is 0 Å². The fourth-order valence-corrected chi connectivity index (χ4v) is 3.19. The maximum atomic E-state index is 11.5. The maximum absolute atomic E-state index is 11.5. The van der Waals surface area contributed by atoms with E-state index in [1.54, 1.807) is 4.68 Å². The number of rotatable bonds is 4. The Labute approximate surface area is 130 Å². The average Bonchev–Trinajstić information content (AvgIpc) is 2.81. The van der Waals surface area contributed by atoms with Gasteiger partial charge in [-0.2, -0.15) is 0 Å². The van der Waals surface area contributed by atoms with Crippen LogP contribution in [0.3, 0.4) is 0 Å². The van der Waals surface area contributed by atoms with E-state index < -0.39 is 11.4 Å². The first-order valence-electron chi connectivity index (χ1n) is 6.78. The SMILES string of the molecule is Cc1cc(Br)ccc1-c1nnnn1CC1(C(=O)O)CCC1. The molecule has 1 N–H and O–H groups in total. The summed E-state index contributed by atoms with van der Waals surface area (Å²) < 4.78 is 2.60. The predicted octanol–water partition coefficient (Wildman–Crippen LogP) is 2.67. The fourth-order valence-electron chi connectivity index (χ4n) is 2.71. The molecule has 1 aliphatic rings. The van der Waals surface area contributed by atoms with Gasteiger partial charge in [0.2, 0.25) is 0 Å². The molecule has 0 atom stereocenters. The number of benzene rings is 1. The highest BCUT2D eigenvalue weighted by molar-refractivity contribution is 9.10. The molecule has 0 saturated heterocycles. The molecular formula is C14H15BrN4O2. The second kappa shape index (κ2) is 5.22. The summed E-state index contributed by atoms with van der Waals surface area (Å²) in [5.41, 5.74) is 1.24. The van der Waals surface area contributed by atoms with E-state index in [-0.39, 0.29) is 0 Å². The topological polar surface area (TPSA) is 80.9 Å². The van der Waals surface area contributed by atoms with Gasteiger partial charge in [-0.25, -0.2) is 4.68 Å². The van der Waals surface area contributed by atoms with Crippen molar-refractivity contribution >= 4 is 21.9 Å². The van der Waals surface area contributed by atoms with Crippen LogP contribution < -0.4 is 0 Å². The zero-order valence-corrected chi connectivity index (χ0v) is 13.2. The zero-order chi connectivity index (χ0) is 15.0. The first-order chi connectivity index (χ1) is 10.0. The Morgan fingerprint density at radius 2 is 2.24 bits per heavy atom. The molecule has 7 heteroatoms. The Morgan fingerprint density at radius 1 is 1.48 bits per heavy atom. The zero-order valence-electron chi connectivity index (χ0n) is 11.6. The van der Waals surface area contributed by atoms with Crippen molar-refractivity contribution in [3.05, 3.63) is 28.2 Å². The van der Waals surface area contributed by atoms with Crippen LogP contribution in [0, 0.1) is 12.3 Å². The summed E-state index contributed by atoms with van der Waals surface area (Å²) in [4.78, 5) is 11.5. The third kappa shape index (κ3) is 2.46. The van der Waals surface area contributed by atoms with E-state index in [2.05, 4.69) is 31.5 Å².